The molecule has 0 aliphatic carbocycles. The minimum Gasteiger partial charge on any atom is -0.352 e. The van der Waals surface area contributed by atoms with Gasteiger partial charge in [0.2, 0.25) is 0 Å². The number of rotatable bonds is 5. The fourth-order valence-corrected chi connectivity index (χ4v) is 2.63. The number of nitrogens with one attached hydrogen (secondary N) is 2. The summed E-state index contributed by atoms with van der Waals surface area (Å²) >= 11 is 0. The van der Waals surface area contributed by atoms with Crippen LogP contribution < -0.4 is 5.32 Å². The first-order valence-corrected chi connectivity index (χ1v) is 7.96. The van der Waals surface area contributed by atoms with Gasteiger partial charge in [-0.05, 0) is 36.4 Å². The van der Waals surface area contributed by atoms with Gasteiger partial charge in [-0.2, -0.15) is 5.10 Å². The molecule has 0 saturated carbocycles. The molecule has 0 saturated heterocycles. The van der Waals surface area contributed by atoms with Crippen molar-refractivity contribution in [3.8, 4) is 5.69 Å². The van der Waals surface area contributed by atoms with Gasteiger partial charge in [0.05, 0.1) is 16.7 Å². The Labute approximate surface area is 143 Å². The van der Waals surface area contributed by atoms with Gasteiger partial charge in [-0.15, -0.1) is 0 Å². The van der Waals surface area contributed by atoms with Crippen LogP contribution in [-0.2, 0) is 6.42 Å². The number of aromatic amines is 1. The molecule has 4 rings (SSSR count). The van der Waals surface area contributed by atoms with E-state index in [1.165, 1.54) is 6.33 Å². The van der Waals surface area contributed by atoms with E-state index in [1.807, 2.05) is 36.4 Å². The number of hydrogen-bond donors (Lipinski definition) is 2. The van der Waals surface area contributed by atoms with E-state index >= 15 is 0 Å². The first-order chi connectivity index (χ1) is 12.3. The molecule has 0 unspecified atom stereocenters. The number of imidazole rings is 1. The van der Waals surface area contributed by atoms with E-state index in [0.717, 1.165) is 22.5 Å². The van der Waals surface area contributed by atoms with E-state index in [4.69, 9.17) is 0 Å². The number of nitrogens with zero attached hydrogens (tertiary/aromatic N) is 4. The molecule has 7 heteroatoms. The van der Waals surface area contributed by atoms with Crippen LogP contribution in [0.25, 0.3) is 16.7 Å². The average Bonchev–Trinajstić information content (AvgIpc) is 3.31. The molecule has 0 bridgehead atoms. The number of benzene rings is 2. The summed E-state index contributed by atoms with van der Waals surface area (Å²) in [6.07, 6.45) is 3.73. The van der Waals surface area contributed by atoms with Crippen LogP contribution in [0, 0.1) is 0 Å². The Morgan fingerprint density at radius 1 is 1.12 bits per heavy atom. The highest BCUT2D eigenvalue weighted by atomic mass is 16.1. The monoisotopic (exact) mass is 332 g/mol. The predicted octanol–water partition coefficient (Wildman–Crippen LogP) is 2.12. The molecule has 0 aliphatic rings. The zero-order valence-electron chi connectivity index (χ0n) is 13.4. The third-order valence-corrected chi connectivity index (χ3v) is 3.90. The maximum Gasteiger partial charge on any atom is 0.251 e. The largest absolute Gasteiger partial charge is 0.352 e. The lowest BCUT2D eigenvalue weighted by Crippen LogP contribution is -2.25. The molecule has 7 nitrogen and oxygen atoms in total. The summed E-state index contributed by atoms with van der Waals surface area (Å²) in [6.45, 7) is 0.517. The third-order valence-electron chi connectivity index (χ3n) is 3.90. The molecule has 1 amide bonds. The second-order valence-electron chi connectivity index (χ2n) is 5.59. The maximum atomic E-state index is 12.2. The molecule has 2 heterocycles. The summed E-state index contributed by atoms with van der Waals surface area (Å²) in [5, 5.41) is 6.97. The van der Waals surface area contributed by atoms with Crippen LogP contribution in [0.5, 0.6) is 0 Å². The molecule has 0 aliphatic heterocycles. The molecule has 0 radical (unpaired) electrons. The SMILES string of the molecule is O=C(NCCc1nc2ccccc2[nH]1)c1ccc(-n2cncn2)cc1. The van der Waals surface area contributed by atoms with Crippen molar-refractivity contribution in [2.45, 2.75) is 6.42 Å². The van der Waals surface area contributed by atoms with Crippen LogP contribution in [0.15, 0.2) is 61.2 Å². The molecule has 4 aromatic rings. The molecule has 25 heavy (non-hydrogen) atoms. The second-order valence-corrected chi connectivity index (χ2v) is 5.59. The van der Waals surface area contributed by atoms with Crippen molar-refractivity contribution in [1.29, 1.82) is 0 Å². The Hall–Kier alpha value is -3.48. The number of hydrogen-bond acceptors (Lipinski definition) is 4. The van der Waals surface area contributed by atoms with E-state index in [1.54, 1.807) is 23.1 Å². The van der Waals surface area contributed by atoms with Crippen LogP contribution in [0.2, 0.25) is 0 Å². The molecular weight excluding hydrogens is 316 g/mol. The maximum absolute atomic E-state index is 12.2. The highest BCUT2D eigenvalue weighted by Crippen LogP contribution is 2.11. The summed E-state index contributed by atoms with van der Waals surface area (Å²) < 4.78 is 1.64. The van der Waals surface area contributed by atoms with E-state index in [2.05, 4.69) is 25.4 Å². The van der Waals surface area contributed by atoms with Crippen LogP contribution in [0.1, 0.15) is 16.2 Å². The summed E-state index contributed by atoms with van der Waals surface area (Å²) in [5.41, 5.74) is 3.41. The van der Waals surface area contributed by atoms with E-state index in [9.17, 15) is 4.79 Å². The Bertz CT molecular complexity index is 955. The predicted molar refractivity (Wildman–Crippen MR) is 93.5 cm³/mol. The van der Waals surface area contributed by atoms with Crippen LogP contribution in [-0.4, -0.2) is 37.2 Å². The van der Waals surface area contributed by atoms with E-state index in [-0.39, 0.29) is 5.91 Å². The zero-order valence-corrected chi connectivity index (χ0v) is 13.4. The van der Waals surface area contributed by atoms with Gasteiger partial charge in [0.15, 0.2) is 0 Å². The minimum atomic E-state index is -0.110. The Balaban J connectivity index is 1.35. The number of H-pyrrole nitrogens is 1. The minimum absolute atomic E-state index is 0.110. The molecule has 124 valence electrons. The van der Waals surface area contributed by atoms with Crippen LogP contribution in [0.4, 0.5) is 0 Å². The summed E-state index contributed by atoms with van der Waals surface area (Å²) in [7, 11) is 0. The van der Waals surface area contributed by atoms with E-state index < -0.39 is 0 Å². The zero-order chi connectivity index (χ0) is 17.1. The van der Waals surface area contributed by atoms with Crippen molar-refractivity contribution >= 4 is 16.9 Å². The molecule has 0 spiro atoms. The smallest absolute Gasteiger partial charge is 0.251 e. The highest BCUT2D eigenvalue weighted by Gasteiger charge is 2.07. The van der Waals surface area contributed by atoms with Gasteiger partial charge in [0.1, 0.15) is 18.5 Å². The number of carbonyl (C=O) groups is 1. The fraction of sp³-hybridized carbons (Fsp3) is 0.111. The van der Waals surface area contributed by atoms with Gasteiger partial charge >= 0.3 is 0 Å². The fourth-order valence-electron chi connectivity index (χ4n) is 2.63. The van der Waals surface area contributed by atoms with Gasteiger partial charge in [-0.25, -0.2) is 14.6 Å². The summed E-state index contributed by atoms with van der Waals surface area (Å²) in [4.78, 5) is 23.9. The molecule has 2 aromatic heterocycles. The van der Waals surface area contributed by atoms with Crippen LogP contribution >= 0.6 is 0 Å². The van der Waals surface area contributed by atoms with Gasteiger partial charge in [0.25, 0.3) is 5.91 Å². The Morgan fingerprint density at radius 2 is 1.96 bits per heavy atom. The third kappa shape index (κ3) is 3.25. The number of aromatic nitrogens is 5. The van der Waals surface area contributed by atoms with Gasteiger partial charge in [0, 0.05) is 18.5 Å². The average molecular weight is 332 g/mol. The Morgan fingerprint density at radius 3 is 2.72 bits per heavy atom. The first-order valence-electron chi connectivity index (χ1n) is 7.96. The van der Waals surface area contributed by atoms with Crippen molar-refractivity contribution in [2.75, 3.05) is 6.54 Å². The second kappa shape index (κ2) is 6.56. The van der Waals surface area contributed by atoms with Gasteiger partial charge in [-0.3, -0.25) is 4.79 Å². The molecule has 0 fully saturated rings. The van der Waals surface area contributed by atoms with Gasteiger partial charge < -0.3 is 10.3 Å². The van der Waals surface area contributed by atoms with Crippen molar-refractivity contribution < 1.29 is 4.79 Å². The quantitative estimate of drug-likeness (QED) is 0.586. The number of carbonyl (C=O) groups excluding carboxylic acids is 1. The molecular formula is C18H16N6O. The van der Waals surface area contributed by atoms with E-state index in [0.29, 0.717) is 18.5 Å². The molecule has 2 N–H and O–H groups in total. The highest BCUT2D eigenvalue weighted by molar-refractivity contribution is 5.94. The number of para-hydroxylation sites is 2. The summed E-state index contributed by atoms with van der Waals surface area (Å²) in [6, 6.07) is 15.1. The van der Waals surface area contributed by atoms with Crippen LogP contribution in [0.3, 0.4) is 0 Å². The Kier molecular flexibility index (Phi) is 3.96. The standard InChI is InChI=1S/C18H16N6O/c25-18(13-5-7-14(8-6-13)24-12-19-11-21-24)20-10-9-17-22-15-3-1-2-4-16(15)23-17/h1-8,11-12H,9-10H2,(H,20,25)(H,22,23). The lowest BCUT2D eigenvalue weighted by atomic mass is 10.2. The topological polar surface area (TPSA) is 88.5 Å². The van der Waals surface area contributed by atoms with Crippen molar-refractivity contribution in [1.82, 2.24) is 30.0 Å². The normalized spacial score (nSPS) is 10.9. The van der Waals surface area contributed by atoms with Gasteiger partial charge in [-0.1, -0.05) is 12.1 Å². The lowest BCUT2D eigenvalue weighted by molar-refractivity contribution is 0.0954. The lowest BCUT2D eigenvalue weighted by Gasteiger charge is -2.05. The molecule has 0 atom stereocenters. The summed E-state index contributed by atoms with van der Waals surface area (Å²) in [5.74, 6) is 0.754. The number of fused-ring (bicyclic) bond motifs is 1. The van der Waals surface area contributed by atoms with Crippen molar-refractivity contribution in [3.05, 3.63) is 72.6 Å². The van der Waals surface area contributed by atoms with Crippen molar-refractivity contribution in [2.24, 2.45) is 0 Å². The number of amides is 1. The molecule has 2 aromatic carbocycles. The van der Waals surface area contributed by atoms with Crippen molar-refractivity contribution in [3.63, 3.8) is 0 Å². The first kappa shape index (κ1) is 15.1.